The molecular weight excluding hydrogens is 186 g/mol. The quantitative estimate of drug-likeness (QED) is 0.457. The average Bonchev–Trinajstić information content (AvgIpc) is 2.34. The molecule has 2 rings (SSSR count). The van der Waals surface area contributed by atoms with Crippen LogP contribution >= 0.6 is 0 Å². The monoisotopic (exact) mass is 193 g/mol. The van der Waals surface area contributed by atoms with Gasteiger partial charge in [0.25, 0.3) is 11.7 Å². The fourth-order valence-corrected chi connectivity index (χ4v) is 1.40. The number of ketones is 1. The molecule has 1 aliphatic rings. The molecule has 0 atom stereocenters. The average molecular weight is 193 g/mol. The van der Waals surface area contributed by atoms with Gasteiger partial charge in [-0.3, -0.25) is 9.59 Å². The second-order valence-corrected chi connectivity index (χ2v) is 3.05. The van der Waals surface area contributed by atoms with Crippen molar-refractivity contribution in [2.45, 2.75) is 0 Å². The van der Waals surface area contributed by atoms with Gasteiger partial charge in [-0.15, -0.1) is 0 Å². The zero-order valence-electron chi connectivity index (χ0n) is 7.31. The number of nitrogens with zero attached hydrogens (tertiary/aromatic N) is 1. The first-order valence-corrected chi connectivity index (χ1v) is 3.90. The summed E-state index contributed by atoms with van der Waals surface area (Å²) in [6, 6.07) is 2.28. The maximum absolute atomic E-state index is 11.3. The second kappa shape index (κ2) is 2.47. The van der Waals surface area contributed by atoms with E-state index in [0.29, 0.717) is 5.69 Å². The first kappa shape index (κ1) is 8.55. The molecule has 0 saturated heterocycles. The van der Waals surface area contributed by atoms with Gasteiger partial charge in [0.05, 0.1) is 11.3 Å². The molecule has 0 unspecified atom stereocenters. The van der Waals surface area contributed by atoms with E-state index >= 15 is 0 Å². The molecule has 5 nitrogen and oxygen atoms in total. The van der Waals surface area contributed by atoms with Gasteiger partial charge in [-0.05, 0) is 6.07 Å². The highest BCUT2D eigenvalue weighted by atomic mass is 16.3. The maximum atomic E-state index is 11.3. The van der Waals surface area contributed by atoms with E-state index in [1.165, 1.54) is 13.1 Å². The number of amides is 1. The van der Waals surface area contributed by atoms with Gasteiger partial charge in [0.15, 0.2) is 11.5 Å². The Morgan fingerprint density at radius 1 is 1.14 bits per heavy atom. The summed E-state index contributed by atoms with van der Waals surface area (Å²) in [5.74, 6) is -2.08. The highest BCUT2D eigenvalue weighted by molar-refractivity contribution is 6.52. The van der Waals surface area contributed by atoms with E-state index < -0.39 is 17.4 Å². The Kier molecular flexibility index (Phi) is 1.51. The lowest BCUT2D eigenvalue weighted by Crippen LogP contribution is -2.24. The fraction of sp³-hybridized carbons (Fsp3) is 0.111. The molecule has 1 amide bonds. The van der Waals surface area contributed by atoms with E-state index in [2.05, 4.69) is 0 Å². The zero-order chi connectivity index (χ0) is 10.5. The minimum atomic E-state index is -0.669. The van der Waals surface area contributed by atoms with Gasteiger partial charge in [0.1, 0.15) is 0 Å². The van der Waals surface area contributed by atoms with Gasteiger partial charge in [0, 0.05) is 13.1 Å². The zero-order valence-corrected chi connectivity index (χ0v) is 7.31. The van der Waals surface area contributed by atoms with E-state index in [4.69, 9.17) is 5.11 Å². The van der Waals surface area contributed by atoms with Crippen LogP contribution in [-0.2, 0) is 4.79 Å². The molecule has 0 spiro atoms. The van der Waals surface area contributed by atoms with Crippen molar-refractivity contribution >= 4 is 17.4 Å². The van der Waals surface area contributed by atoms with Crippen LogP contribution in [0.5, 0.6) is 11.5 Å². The van der Waals surface area contributed by atoms with Gasteiger partial charge < -0.3 is 15.1 Å². The number of Topliss-reactive ketones (excluding diaryl/α,β-unsaturated/α-hetero) is 1. The number of aromatic hydroxyl groups is 2. The van der Waals surface area contributed by atoms with Crippen molar-refractivity contribution in [1.82, 2.24) is 0 Å². The van der Waals surface area contributed by atoms with E-state index in [-0.39, 0.29) is 11.3 Å². The number of phenols is 2. The van der Waals surface area contributed by atoms with Crippen LogP contribution in [0.2, 0.25) is 0 Å². The topological polar surface area (TPSA) is 77.8 Å². The number of rotatable bonds is 0. The van der Waals surface area contributed by atoms with Gasteiger partial charge in [-0.25, -0.2) is 0 Å². The maximum Gasteiger partial charge on any atom is 0.299 e. The minimum Gasteiger partial charge on any atom is -0.504 e. The predicted octanol–water partition coefficient (Wildman–Crippen LogP) is 0.257. The Morgan fingerprint density at radius 3 is 2.36 bits per heavy atom. The van der Waals surface area contributed by atoms with Crippen LogP contribution in [0.3, 0.4) is 0 Å². The van der Waals surface area contributed by atoms with Crippen molar-refractivity contribution in [3.63, 3.8) is 0 Å². The number of likely N-dealkylation sites (N-methyl/N-ethyl adjacent to an activating group) is 1. The number of anilines is 1. The van der Waals surface area contributed by atoms with Gasteiger partial charge in [-0.1, -0.05) is 0 Å². The summed E-state index contributed by atoms with van der Waals surface area (Å²) in [5, 5.41) is 18.3. The Labute approximate surface area is 79.2 Å². The van der Waals surface area contributed by atoms with Crippen LogP contribution in [0.15, 0.2) is 12.1 Å². The van der Waals surface area contributed by atoms with Crippen molar-refractivity contribution < 1.29 is 19.8 Å². The van der Waals surface area contributed by atoms with Crippen molar-refractivity contribution in [3.05, 3.63) is 17.7 Å². The van der Waals surface area contributed by atoms with Crippen LogP contribution in [-0.4, -0.2) is 29.0 Å². The summed E-state index contributed by atoms with van der Waals surface area (Å²) < 4.78 is 0. The molecule has 2 N–H and O–H groups in total. The number of hydrogen-bond acceptors (Lipinski definition) is 4. The summed E-state index contributed by atoms with van der Waals surface area (Å²) in [6.45, 7) is 0. The summed E-state index contributed by atoms with van der Waals surface area (Å²) in [4.78, 5) is 23.6. The number of benzene rings is 1. The third kappa shape index (κ3) is 0.891. The van der Waals surface area contributed by atoms with E-state index in [1.807, 2.05) is 0 Å². The molecular formula is C9H7NO4. The molecule has 0 bridgehead atoms. The Hall–Kier alpha value is -2.04. The molecule has 14 heavy (non-hydrogen) atoms. The first-order chi connectivity index (χ1) is 6.52. The van der Waals surface area contributed by atoms with E-state index in [9.17, 15) is 14.7 Å². The van der Waals surface area contributed by atoms with Crippen LogP contribution in [0.4, 0.5) is 5.69 Å². The molecule has 1 aliphatic heterocycles. The third-order valence-electron chi connectivity index (χ3n) is 2.20. The first-order valence-electron chi connectivity index (χ1n) is 3.90. The lowest BCUT2D eigenvalue weighted by atomic mass is 10.1. The molecule has 1 heterocycles. The second-order valence-electron chi connectivity index (χ2n) is 3.05. The van der Waals surface area contributed by atoms with Gasteiger partial charge >= 0.3 is 0 Å². The largest absolute Gasteiger partial charge is 0.504 e. The van der Waals surface area contributed by atoms with Gasteiger partial charge in [0.2, 0.25) is 0 Å². The number of carbonyl (C=O) groups excluding carboxylic acids is 2. The standard InChI is InChI=1S/C9H7NO4/c1-10-5-3-7(12)6(11)2-4(5)8(13)9(10)14/h2-3,11-12H,1H3. The summed E-state index contributed by atoms with van der Waals surface area (Å²) in [7, 11) is 1.43. The lowest BCUT2D eigenvalue weighted by Gasteiger charge is -2.08. The van der Waals surface area contributed by atoms with E-state index in [1.54, 1.807) is 0 Å². The smallest absolute Gasteiger partial charge is 0.299 e. The Bertz CT molecular complexity index is 452. The molecule has 0 radical (unpaired) electrons. The van der Waals surface area contributed by atoms with Crippen LogP contribution < -0.4 is 4.90 Å². The molecule has 0 aliphatic carbocycles. The number of hydrogen-bond donors (Lipinski definition) is 2. The Balaban J connectivity index is 2.71. The molecule has 0 saturated carbocycles. The minimum absolute atomic E-state index is 0.118. The molecule has 0 fully saturated rings. The molecule has 5 heteroatoms. The van der Waals surface area contributed by atoms with Crippen LogP contribution in [0, 0.1) is 0 Å². The highest BCUT2D eigenvalue weighted by Crippen LogP contribution is 2.36. The highest BCUT2D eigenvalue weighted by Gasteiger charge is 2.34. The normalized spacial score (nSPS) is 14.8. The van der Waals surface area contributed by atoms with Crippen LogP contribution in [0.25, 0.3) is 0 Å². The fourth-order valence-electron chi connectivity index (χ4n) is 1.40. The predicted molar refractivity (Wildman–Crippen MR) is 47.5 cm³/mol. The molecule has 1 aromatic rings. The van der Waals surface area contributed by atoms with Crippen molar-refractivity contribution in [1.29, 1.82) is 0 Å². The van der Waals surface area contributed by atoms with Crippen LogP contribution in [0.1, 0.15) is 10.4 Å². The summed E-state index contributed by atoms with van der Waals surface area (Å²) in [6.07, 6.45) is 0. The van der Waals surface area contributed by atoms with Crippen molar-refractivity contribution in [3.8, 4) is 11.5 Å². The van der Waals surface area contributed by atoms with Crippen molar-refractivity contribution in [2.75, 3.05) is 11.9 Å². The summed E-state index contributed by atoms with van der Waals surface area (Å²) >= 11 is 0. The summed E-state index contributed by atoms with van der Waals surface area (Å²) in [5.41, 5.74) is 0.433. The third-order valence-corrected chi connectivity index (χ3v) is 2.20. The lowest BCUT2D eigenvalue weighted by molar-refractivity contribution is -0.114. The number of fused-ring (bicyclic) bond motifs is 1. The number of phenolic OH excluding ortho intramolecular Hbond substituents is 2. The van der Waals surface area contributed by atoms with Crippen molar-refractivity contribution in [2.24, 2.45) is 0 Å². The molecule has 0 aromatic heterocycles. The number of carbonyl (C=O) groups is 2. The Morgan fingerprint density at radius 2 is 1.71 bits per heavy atom. The molecule has 1 aromatic carbocycles. The SMILES string of the molecule is CN1C(=O)C(=O)c2cc(O)c(O)cc21. The van der Waals surface area contributed by atoms with E-state index in [0.717, 1.165) is 11.0 Å². The van der Waals surface area contributed by atoms with Gasteiger partial charge in [-0.2, -0.15) is 0 Å². The molecule has 72 valence electrons.